The third kappa shape index (κ3) is 3.91. The normalized spacial score (nSPS) is 33.2. The van der Waals surface area contributed by atoms with E-state index in [9.17, 15) is 9.59 Å². The molecule has 0 radical (unpaired) electrons. The lowest BCUT2D eigenvalue weighted by Crippen LogP contribution is -2.51. The van der Waals surface area contributed by atoms with E-state index >= 15 is 0 Å². The Morgan fingerprint density at radius 2 is 2.25 bits per heavy atom. The minimum atomic E-state index is -0.490. The molecule has 2 unspecified atom stereocenters. The summed E-state index contributed by atoms with van der Waals surface area (Å²) in [4.78, 5) is 27.2. The van der Waals surface area contributed by atoms with Crippen LogP contribution in [0.4, 0.5) is 0 Å². The average molecular weight is 387 g/mol. The molecule has 0 N–H and O–H groups in total. The number of rotatable bonds is 3. The molecule has 1 aliphatic carbocycles. The molecular formula is C21H29N3O4. The molecule has 1 spiro atoms. The molecule has 7 heteroatoms. The zero-order chi connectivity index (χ0) is 19.6. The van der Waals surface area contributed by atoms with Gasteiger partial charge in [0.15, 0.2) is 0 Å². The first kappa shape index (κ1) is 19.3. The van der Waals surface area contributed by atoms with Gasteiger partial charge < -0.3 is 14.4 Å². The number of carbonyl (C=O) groups excluding carboxylic acids is 1. The van der Waals surface area contributed by atoms with Crippen LogP contribution in [0.15, 0.2) is 35.3 Å². The summed E-state index contributed by atoms with van der Waals surface area (Å²) in [5.74, 6) is 0.203. The Kier molecular flexibility index (Phi) is 5.38. The fourth-order valence-corrected chi connectivity index (χ4v) is 4.58. The van der Waals surface area contributed by atoms with Crippen LogP contribution in [0.3, 0.4) is 0 Å². The predicted molar refractivity (Wildman–Crippen MR) is 104 cm³/mol. The molecule has 7 nitrogen and oxygen atoms in total. The highest BCUT2D eigenvalue weighted by molar-refractivity contribution is 5.83. The van der Waals surface area contributed by atoms with Crippen LogP contribution in [0, 0.1) is 5.41 Å². The van der Waals surface area contributed by atoms with E-state index in [0.29, 0.717) is 32.8 Å². The van der Waals surface area contributed by atoms with Gasteiger partial charge in [-0.25, -0.2) is 4.68 Å². The standard InChI is InChI=1S/C21H29N3O4/c1-20(8-3-2-4-9-20)19(26)23-12-13-27-16-21(15-23)10-7-17(28-21)14-24-18(25)6-5-11-22-24/h2-3,5-6,11,17H,4,7-10,12-16H2,1H3/t17?,20?,21-/m0/s1. The first-order valence-electron chi connectivity index (χ1n) is 10.2. The maximum atomic E-state index is 13.3. The Hall–Kier alpha value is -1.99. The maximum Gasteiger partial charge on any atom is 0.266 e. The van der Waals surface area contributed by atoms with Crippen LogP contribution in [-0.4, -0.2) is 58.6 Å². The molecule has 0 aromatic carbocycles. The van der Waals surface area contributed by atoms with Gasteiger partial charge in [-0.05, 0) is 38.2 Å². The molecule has 1 aromatic heterocycles. The fraction of sp³-hybridized carbons (Fsp3) is 0.667. The van der Waals surface area contributed by atoms with Gasteiger partial charge in [-0.3, -0.25) is 9.59 Å². The molecule has 3 heterocycles. The van der Waals surface area contributed by atoms with Gasteiger partial charge in [0.05, 0.1) is 37.8 Å². The molecule has 4 rings (SSSR count). The number of carbonyl (C=O) groups is 1. The molecule has 2 fully saturated rings. The van der Waals surface area contributed by atoms with Gasteiger partial charge in [-0.15, -0.1) is 0 Å². The third-order valence-corrected chi connectivity index (χ3v) is 6.25. The highest BCUT2D eigenvalue weighted by Gasteiger charge is 2.46. The Morgan fingerprint density at radius 3 is 3.04 bits per heavy atom. The molecule has 1 aromatic rings. The number of ether oxygens (including phenoxy) is 2. The number of allylic oxidation sites excluding steroid dienone is 2. The molecule has 2 aliphatic heterocycles. The highest BCUT2D eigenvalue weighted by atomic mass is 16.6. The van der Waals surface area contributed by atoms with Crippen LogP contribution in [0.5, 0.6) is 0 Å². The van der Waals surface area contributed by atoms with Crippen molar-refractivity contribution < 1.29 is 14.3 Å². The van der Waals surface area contributed by atoms with Gasteiger partial charge in [-0.1, -0.05) is 19.1 Å². The number of aromatic nitrogens is 2. The van der Waals surface area contributed by atoms with Gasteiger partial charge in [0.25, 0.3) is 5.56 Å². The summed E-state index contributed by atoms with van der Waals surface area (Å²) in [7, 11) is 0. The lowest BCUT2D eigenvalue weighted by molar-refractivity contribution is -0.146. The minimum absolute atomic E-state index is 0.0977. The largest absolute Gasteiger partial charge is 0.377 e. The second-order valence-electron chi connectivity index (χ2n) is 8.56. The maximum absolute atomic E-state index is 13.3. The Bertz CT molecular complexity index is 807. The van der Waals surface area contributed by atoms with Gasteiger partial charge in [0, 0.05) is 18.8 Å². The number of hydrogen-bond donors (Lipinski definition) is 0. The summed E-state index contributed by atoms with van der Waals surface area (Å²) < 4.78 is 13.7. The topological polar surface area (TPSA) is 73.7 Å². The molecule has 0 bridgehead atoms. The second kappa shape index (κ2) is 7.79. The van der Waals surface area contributed by atoms with Crippen molar-refractivity contribution in [3.63, 3.8) is 0 Å². The monoisotopic (exact) mass is 387 g/mol. The van der Waals surface area contributed by atoms with E-state index in [2.05, 4.69) is 24.2 Å². The number of amides is 1. The van der Waals surface area contributed by atoms with E-state index in [0.717, 1.165) is 32.1 Å². The van der Waals surface area contributed by atoms with Crippen molar-refractivity contribution in [3.05, 3.63) is 40.8 Å². The smallest absolute Gasteiger partial charge is 0.266 e. The van der Waals surface area contributed by atoms with Crippen molar-refractivity contribution in [1.29, 1.82) is 0 Å². The van der Waals surface area contributed by atoms with E-state index in [4.69, 9.17) is 9.47 Å². The lowest BCUT2D eigenvalue weighted by Gasteiger charge is -2.38. The second-order valence-corrected chi connectivity index (χ2v) is 8.56. The van der Waals surface area contributed by atoms with Crippen molar-refractivity contribution in [1.82, 2.24) is 14.7 Å². The number of nitrogens with zero attached hydrogens (tertiary/aromatic N) is 3. The number of hydrogen-bond acceptors (Lipinski definition) is 5. The zero-order valence-electron chi connectivity index (χ0n) is 16.5. The van der Waals surface area contributed by atoms with E-state index in [1.165, 1.54) is 10.7 Å². The zero-order valence-corrected chi connectivity index (χ0v) is 16.5. The summed E-state index contributed by atoms with van der Waals surface area (Å²) in [5, 5.41) is 4.13. The quantitative estimate of drug-likeness (QED) is 0.739. The molecule has 2 saturated heterocycles. The molecule has 1 amide bonds. The van der Waals surface area contributed by atoms with E-state index in [-0.39, 0.29) is 23.0 Å². The Morgan fingerprint density at radius 1 is 1.36 bits per heavy atom. The van der Waals surface area contributed by atoms with Crippen LogP contribution >= 0.6 is 0 Å². The lowest BCUT2D eigenvalue weighted by atomic mass is 9.77. The predicted octanol–water partition coefficient (Wildman–Crippen LogP) is 1.77. The first-order valence-corrected chi connectivity index (χ1v) is 10.2. The van der Waals surface area contributed by atoms with Gasteiger partial charge in [0.2, 0.25) is 5.91 Å². The highest BCUT2D eigenvalue weighted by Crippen LogP contribution is 2.38. The summed E-state index contributed by atoms with van der Waals surface area (Å²) in [5.41, 5.74) is -0.949. The minimum Gasteiger partial charge on any atom is -0.377 e. The summed E-state index contributed by atoms with van der Waals surface area (Å²) in [6.45, 7) is 4.68. The van der Waals surface area contributed by atoms with Gasteiger partial charge in [-0.2, -0.15) is 5.10 Å². The van der Waals surface area contributed by atoms with E-state index in [1.807, 2.05) is 4.90 Å². The van der Waals surface area contributed by atoms with Crippen molar-refractivity contribution in [2.24, 2.45) is 5.41 Å². The van der Waals surface area contributed by atoms with Crippen LogP contribution in [-0.2, 0) is 20.8 Å². The Balaban J connectivity index is 1.45. The first-order chi connectivity index (χ1) is 13.5. The van der Waals surface area contributed by atoms with Crippen molar-refractivity contribution >= 4 is 5.91 Å². The van der Waals surface area contributed by atoms with Crippen molar-refractivity contribution in [2.45, 2.75) is 57.3 Å². The van der Waals surface area contributed by atoms with Crippen LogP contribution in [0.1, 0.15) is 39.0 Å². The molecule has 28 heavy (non-hydrogen) atoms. The molecule has 3 aliphatic rings. The average Bonchev–Trinajstić information content (AvgIpc) is 2.96. The van der Waals surface area contributed by atoms with Gasteiger partial charge >= 0.3 is 0 Å². The van der Waals surface area contributed by atoms with E-state index in [1.54, 1.807) is 12.3 Å². The summed E-state index contributed by atoms with van der Waals surface area (Å²) >= 11 is 0. The molecule has 152 valence electrons. The van der Waals surface area contributed by atoms with Crippen LogP contribution < -0.4 is 5.56 Å². The molecule has 0 saturated carbocycles. The summed E-state index contributed by atoms with van der Waals surface area (Å²) in [6.07, 6.45) is 10.1. The summed E-state index contributed by atoms with van der Waals surface area (Å²) in [6, 6.07) is 3.14. The third-order valence-electron chi connectivity index (χ3n) is 6.25. The van der Waals surface area contributed by atoms with Crippen LogP contribution in [0.2, 0.25) is 0 Å². The molecule has 3 atom stereocenters. The van der Waals surface area contributed by atoms with Crippen LogP contribution in [0.25, 0.3) is 0 Å². The van der Waals surface area contributed by atoms with Gasteiger partial charge in [0.1, 0.15) is 5.60 Å². The molecular weight excluding hydrogens is 358 g/mol. The van der Waals surface area contributed by atoms with Crippen molar-refractivity contribution in [2.75, 3.05) is 26.3 Å². The van der Waals surface area contributed by atoms with Crippen molar-refractivity contribution in [3.8, 4) is 0 Å². The fourth-order valence-electron chi connectivity index (χ4n) is 4.58. The SMILES string of the molecule is CC1(C(=O)N2CCOC[C@]3(CCC(Cn4ncccc4=O)O3)C2)CC=CCC1. The van der Waals surface area contributed by atoms with E-state index < -0.39 is 5.60 Å². The Labute approximate surface area is 165 Å².